The molecule has 1 amide bonds. The van der Waals surface area contributed by atoms with Crippen LogP contribution in [-0.4, -0.2) is 46.8 Å². The summed E-state index contributed by atoms with van der Waals surface area (Å²) in [6.45, 7) is 5.89. The zero-order chi connectivity index (χ0) is 21.4. The third kappa shape index (κ3) is 7.13. The Morgan fingerprint density at radius 1 is 1.31 bits per heavy atom. The first-order valence-electron chi connectivity index (χ1n) is 8.84. The van der Waals surface area contributed by atoms with Gasteiger partial charge in [0, 0.05) is 18.8 Å². The summed E-state index contributed by atoms with van der Waals surface area (Å²) in [5, 5.41) is 19.2. The van der Waals surface area contributed by atoms with E-state index >= 15 is 0 Å². The molecule has 0 aliphatic rings. The minimum atomic E-state index is -0.560. The number of aromatic nitrogens is 2. The highest BCUT2D eigenvalue weighted by Gasteiger charge is 2.16. The molecule has 0 unspecified atom stereocenters. The first-order valence-corrected chi connectivity index (χ1v) is 8.84. The van der Waals surface area contributed by atoms with Crippen LogP contribution < -0.4 is 20.7 Å². The van der Waals surface area contributed by atoms with E-state index in [1.54, 1.807) is 52.1 Å². The lowest BCUT2D eigenvalue weighted by molar-refractivity contribution is -0.384. The minimum Gasteiger partial charge on any atom is -0.492 e. The number of alkyl carbamates (subject to hydrolysis) is 1. The third-order valence-corrected chi connectivity index (χ3v) is 3.33. The second kappa shape index (κ2) is 9.53. The van der Waals surface area contributed by atoms with Crippen LogP contribution in [0.2, 0.25) is 0 Å². The van der Waals surface area contributed by atoms with Crippen molar-refractivity contribution in [1.82, 2.24) is 15.3 Å². The molecule has 0 atom stereocenters. The van der Waals surface area contributed by atoms with Gasteiger partial charge in [-0.2, -0.15) is 4.98 Å². The van der Waals surface area contributed by atoms with E-state index in [1.165, 1.54) is 0 Å². The van der Waals surface area contributed by atoms with Crippen LogP contribution in [0.15, 0.2) is 30.5 Å². The van der Waals surface area contributed by atoms with Crippen molar-refractivity contribution >= 4 is 29.2 Å². The molecule has 0 aliphatic heterocycles. The van der Waals surface area contributed by atoms with Crippen molar-refractivity contribution in [1.29, 1.82) is 0 Å². The molecule has 0 fully saturated rings. The SMILES string of the molecule is CNc1nc(Nc2cccc(OCCNC(=O)OC(C)(C)C)c2)ncc1[N+](=O)[O-]. The van der Waals surface area contributed by atoms with Crippen molar-refractivity contribution in [2.24, 2.45) is 0 Å². The van der Waals surface area contributed by atoms with Gasteiger partial charge in [0.1, 0.15) is 24.2 Å². The second-order valence-electron chi connectivity index (χ2n) is 6.86. The molecule has 1 aromatic heterocycles. The number of nitro groups is 1. The zero-order valence-corrected chi connectivity index (χ0v) is 16.7. The van der Waals surface area contributed by atoms with Gasteiger partial charge in [-0.25, -0.2) is 9.78 Å². The fraction of sp³-hybridized carbons (Fsp3) is 0.389. The Labute approximate surface area is 168 Å². The van der Waals surface area contributed by atoms with E-state index < -0.39 is 16.6 Å². The van der Waals surface area contributed by atoms with Gasteiger partial charge in [0.25, 0.3) is 0 Å². The van der Waals surface area contributed by atoms with Gasteiger partial charge in [-0.05, 0) is 32.9 Å². The van der Waals surface area contributed by atoms with E-state index in [0.717, 1.165) is 6.20 Å². The van der Waals surface area contributed by atoms with Crippen molar-refractivity contribution in [2.75, 3.05) is 30.8 Å². The lowest BCUT2D eigenvalue weighted by Gasteiger charge is -2.19. The van der Waals surface area contributed by atoms with E-state index in [9.17, 15) is 14.9 Å². The number of nitrogens with one attached hydrogen (secondary N) is 3. The fourth-order valence-corrected chi connectivity index (χ4v) is 2.18. The Kier molecular flexibility index (Phi) is 7.12. The molecule has 1 aromatic carbocycles. The number of hydrogen-bond donors (Lipinski definition) is 3. The highest BCUT2D eigenvalue weighted by molar-refractivity contribution is 5.67. The molecule has 0 bridgehead atoms. The molecule has 0 aliphatic carbocycles. The van der Waals surface area contributed by atoms with Crippen molar-refractivity contribution in [2.45, 2.75) is 26.4 Å². The smallest absolute Gasteiger partial charge is 0.407 e. The van der Waals surface area contributed by atoms with Crippen molar-refractivity contribution < 1.29 is 19.2 Å². The maximum Gasteiger partial charge on any atom is 0.407 e. The molecule has 29 heavy (non-hydrogen) atoms. The van der Waals surface area contributed by atoms with Crippen LogP contribution in [0.5, 0.6) is 5.75 Å². The van der Waals surface area contributed by atoms with Crippen LogP contribution >= 0.6 is 0 Å². The van der Waals surface area contributed by atoms with Crippen LogP contribution in [0, 0.1) is 10.1 Å². The largest absolute Gasteiger partial charge is 0.492 e. The molecule has 2 aromatic rings. The molecule has 11 heteroatoms. The molecule has 0 spiro atoms. The van der Waals surface area contributed by atoms with E-state index in [0.29, 0.717) is 11.4 Å². The Bertz CT molecular complexity index is 868. The number of anilines is 3. The number of hydrogen-bond acceptors (Lipinski definition) is 9. The van der Waals surface area contributed by atoms with E-state index in [4.69, 9.17) is 9.47 Å². The van der Waals surface area contributed by atoms with E-state index in [1.807, 2.05) is 0 Å². The number of carbonyl (C=O) groups is 1. The highest BCUT2D eigenvalue weighted by Crippen LogP contribution is 2.24. The summed E-state index contributed by atoms with van der Waals surface area (Å²) in [6, 6.07) is 7.02. The van der Waals surface area contributed by atoms with Crippen molar-refractivity contribution in [3.05, 3.63) is 40.6 Å². The third-order valence-electron chi connectivity index (χ3n) is 3.33. The average Bonchev–Trinajstić information content (AvgIpc) is 2.64. The first kappa shape index (κ1) is 21.7. The van der Waals surface area contributed by atoms with Crippen LogP contribution in [0.4, 0.5) is 27.9 Å². The Hall–Kier alpha value is -3.63. The standard InChI is InChI=1S/C18H24N6O5/c1-18(2,3)29-17(25)20-8-9-28-13-7-5-6-12(10-13)22-16-21-11-14(24(26)27)15(19-4)23-16/h5-7,10-11H,8-9H2,1-4H3,(H,20,25)(H2,19,21,22,23). The number of benzene rings is 1. The van der Waals surface area contributed by atoms with Crippen molar-refractivity contribution in [3.8, 4) is 5.75 Å². The van der Waals surface area contributed by atoms with Gasteiger partial charge in [0.05, 0.1) is 11.5 Å². The molecule has 0 saturated carbocycles. The van der Waals surface area contributed by atoms with Gasteiger partial charge in [0.2, 0.25) is 11.8 Å². The minimum absolute atomic E-state index is 0.105. The summed E-state index contributed by atoms with van der Waals surface area (Å²) >= 11 is 0. The number of rotatable bonds is 8. The Morgan fingerprint density at radius 3 is 2.72 bits per heavy atom. The van der Waals surface area contributed by atoms with E-state index in [-0.39, 0.29) is 30.6 Å². The summed E-state index contributed by atoms with van der Waals surface area (Å²) < 4.78 is 10.7. The van der Waals surface area contributed by atoms with Crippen LogP contribution in [0.3, 0.4) is 0 Å². The molecular formula is C18H24N6O5. The molecule has 11 nitrogen and oxygen atoms in total. The predicted octanol–water partition coefficient (Wildman–Crippen LogP) is 3.07. The number of amides is 1. The topological polar surface area (TPSA) is 141 Å². The maximum atomic E-state index is 11.6. The maximum absolute atomic E-state index is 11.6. The monoisotopic (exact) mass is 404 g/mol. The molecule has 2 rings (SSSR count). The second-order valence-corrected chi connectivity index (χ2v) is 6.86. The summed E-state index contributed by atoms with van der Waals surface area (Å²) in [5.74, 6) is 0.869. The number of carbonyl (C=O) groups excluding carboxylic acids is 1. The zero-order valence-electron chi connectivity index (χ0n) is 16.7. The van der Waals surface area contributed by atoms with Gasteiger partial charge in [0.15, 0.2) is 0 Å². The lowest BCUT2D eigenvalue weighted by Crippen LogP contribution is -2.34. The summed E-state index contributed by atoms with van der Waals surface area (Å²) in [4.78, 5) is 30.0. The fourth-order valence-electron chi connectivity index (χ4n) is 2.18. The Balaban J connectivity index is 1.91. The molecular weight excluding hydrogens is 380 g/mol. The van der Waals surface area contributed by atoms with Gasteiger partial charge in [-0.3, -0.25) is 10.1 Å². The first-order chi connectivity index (χ1) is 13.7. The number of ether oxygens (including phenoxy) is 2. The molecule has 156 valence electrons. The number of nitrogens with zero attached hydrogens (tertiary/aromatic N) is 3. The quantitative estimate of drug-likeness (QED) is 0.344. The molecule has 0 saturated heterocycles. The summed E-state index contributed by atoms with van der Waals surface area (Å²) in [7, 11) is 1.54. The molecule has 3 N–H and O–H groups in total. The average molecular weight is 404 g/mol. The van der Waals surface area contributed by atoms with Gasteiger partial charge in [-0.15, -0.1) is 0 Å². The molecule has 1 heterocycles. The highest BCUT2D eigenvalue weighted by atomic mass is 16.6. The normalized spacial score (nSPS) is 10.8. The molecule has 0 radical (unpaired) electrons. The van der Waals surface area contributed by atoms with Gasteiger partial charge < -0.3 is 25.4 Å². The van der Waals surface area contributed by atoms with E-state index in [2.05, 4.69) is 25.9 Å². The predicted molar refractivity (Wildman–Crippen MR) is 108 cm³/mol. The summed E-state index contributed by atoms with van der Waals surface area (Å²) in [5.41, 5.74) is -0.135. The van der Waals surface area contributed by atoms with Crippen LogP contribution in [0.1, 0.15) is 20.8 Å². The Morgan fingerprint density at radius 2 is 2.07 bits per heavy atom. The van der Waals surface area contributed by atoms with Gasteiger partial charge >= 0.3 is 11.8 Å². The van der Waals surface area contributed by atoms with Gasteiger partial charge in [-0.1, -0.05) is 6.07 Å². The lowest BCUT2D eigenvalue weighted by atomic mass is 10.2. The van der Waals surface area contributed by atoms with Crippen LogP contribution in [0.25, 0.3) is 0 Å². The summed E-state index contributed by atoms with van der Waals surface area (Å²) in [6.07, 6.45) is 0.622. The van der Waals surface area contributed by atoms with Crippen molar-refractivity contribution in [3.63, 3.8) is 0 Å². The van der Waals surface area contributed by atoms with Crippen LogP contribution in [-0.2, 0) is 4.74 Å².